The van der Waals surface area contributed by atoms with Crippen LogP contribution in [0.3, 0.4) is 0 Å². The fourth-order valence-corrected chi connectivity index (χ4v) is 2.00. The zero-order valence-electron chi connectivity index (χ0n) is 12.0. The Balaban J connectivity index is 2.39. The first-order valence-electron chi connectivity index (χ1n) is 6.59. The van der Waals surface area contributed by atoms with Crippen molar-refractivity contribution in [2.45, 2.75) is 6.92 Å². The quantitative estimate of drug-likeness (QED) is 0.692. The van der Waals surface area contributed by atoms with Crippen LogP contribution >= 0.6 is 0 Å². The first kappa shape index (κ1) is 14.8. The van der Waals surface area contributed by atoms with Crippen molar-refractivity contribution >= 4 is 23.0 Å². The van der Waals surface area contributed by atoms with Gasteiger partial charge in [0.15, 0.2) is 0 Å². The van der Waals surface area contributed by atoms with Gasteiger partial charge in [0.05, 0.1) is 17.9 Å². The Morgan fingerprint density at radius 3 is 2.67 bits per heavy atom. The second kappa shape index (κ2) is 6.26. The third-order valence-corrected chi connectivity index (χ3v) is 3.13. The van der Waals surface area contributed by atoms with Crippen molar-refractivity contribution in [3.63, 3.8) is 0 Å². The third-order valence-electron chi connectivity index (χ3n) is 3.13. The van der Waals surface area contributed by atoms with Gasteiger partial charge in [-0.15, -0.1) is 0 Å². The number of nitrogen functional groups attached to an aromatic ring is 1. The molecule has 0 aliphatic rings. The number of carbonyl (C=O) groups is 1. The minimum Gasteiger partial charge on any atom is -0.462 e. The average Bonchev–Trinajstić information content (AvgIpc) is 2.48. The van der Waals surface area contributed by atoms with E-state index >= 15 is 0 Å². The summed E-state index contributed by atoms with van der Waals surface area (Å²) in [6.45, 7) is 2.00. The van der Waals surface area contributed by atoms with E-state index in [2.05, 4.69) is 0 Å². The third kappa shape index (κ3) is 3.13. The first-order chi connectivity index (χ1) is 10.0. The van der Waals surface area contributed by atoms with Crippen LogP contribution in [0.5, 0.6) is 0 Å². The average molecular weight is 288 g/mol. The highest BCUT2D eigenvalue weighted by atomic mass is 19.1. The monoisotopic (exact) mass is 288 g/mol. The molecule has 0 bridgehead atoms. The Labute approximate surface area is 122 Å². The zero-order valence-corrected chi connectivity index (χ0v) is 12.0. The van der Waals surface area contributed by atoms with Crippen LogP contribution in [0, 0.1) is 5.82 Å². The molecule has 0 amide bonds. The molecule has 0 unspecified atom stereocenters. The smallest absolute Gasteiger partial charge is 0.340 e. The number of hydrogen-bond donors (Lipinski definition) is 1. The predicted molar refractivity (Wildman–Crippen MR) is 81.3 cm³/mol. The number of halogens is 1. The van der Waals surface area contributed by atoms with E-state index in [9.17, 15) is 9.18 Å². The highest BCUT2D eigenvalue weighted by Crippen LogP contribution is 2.28. The van der Waals surface area contributed by atoms with E-state index < -0.39 is 5.97 Å². The number of esters is 1. The number of ether oxygens (including phenoxy) is 1. The lowest BCUT2D eigenvalue weighted by Crippen LogP contribution is -2.14. The summed E-state index contributed by atoms with van der Waals surface area (Å²) in [6.07, 6.45) is 0. The highest BCUT2D eigenvalue weighted by Gasteiger charge is 2.15. The molecule has 0 saturated carbocycles. The van der Waals surface area contributed by atoms with Gasteiger partial charge in [-0.05, 0) is 37.3 Å². The maximum atomic E-state index is 13.8. The second-order valence-electron chi connectivity index (χ2n) is 4.50. The highest BCUT2D eigenvalue weighted by molar-refractivity contribution is 5.96. The maximum Gasteiger partial charge on any atom is 0.340 e. The van der Waals surface area contributed by atoms with Crippen LogP contribution in [0.15, 0.2) is 42.5 Å². The topological polar surface area (TPSA) is 55.6 Å². The normalized spacial score (nSPS) is 10.2. The van der Waals surface area contributed by atoms with Crippen LogP contribution in [0.4, 0.5) is 21.5 Å². The Kier molecular flexibility index (Phi) is 4.42. The summed E-state index contributed by atoms with van der Waals surface area (Å²) in [7, 11) is 1.72. The van der Waals surface area contributed by atoms with Crippen LogP contribution in [0.2, 0.25) is 0 Å². The van der Waals surface area contributed by atoms with E-state index in [0.717, 1.165) is 0 Å². The first-order valence-corrected chi connectivity index (χ1v) is 6.59. The minimum atomic E-state index is -0.487. The largest absolute Gasteiger partial charge is 0.462 e. The van der Waals surface area contributed by atoms with Gasteiger partial charge >= 0.3 is 5.97 Å². The molecule has 21 heavy (non-hydrogen) atoms. The van der Waals surface area contributed by atoms with Crippen molar-refractivity contribution in [2.24, 2.45) is 0 Å². The molecule has 110 valence electrons. The van der Waals surface area contributed by atoms with Crippen LogP contribution in [0.25, 0.3) is 0 Å². The summed E-state index contributed by atoms with van der Waals surface area (Å²) >= 11 is 0. The number of carbonyl (C=O) groups excluding carboxylic acids is 1. The Morgan fingerprint density at radius 2 is 2.00 bits per heavy atom. The SMILES string of the molecule is CCOC(=O)c1cc(N(C)c2ccccc2F)ccc1N. The van der Waals surface area contributed by atoms with Crippen molar-refractivity contribution in [2.75, 3.05) is 24.3 Å². The molecule has 0 spiro atoms. The van der Waals surface area contributed by atoms with E-state index in [1.165, 1.54) is 6.07 Å². The van der Waals surface area contributed by atoms with Gasteiger partial charge in [-0.25, -0.2) is 9.18 Å². The molecule has 0 radical (unpaired) electrons. The number of rotatable bonds is 4. The van der Waals surface area contributed by atoms with Gasteiger partial charge in [0, 0.05) is 18.4 Å². The van der Waals surface area contributed by atoms with Crippen LogP contribution in [-0.2, 0) is 4.74 Å². The van der Waals surface area contributed by atoms with Gasteiger partial charge in [-0.2, -0.15) is 0 Å². The van der Waals surface area contributed by atoms with Crippen molar-refractivity contribution in [3.8, 4) is 0 Å². The van der Waals surface area contributed by atoms with E-state index in [-0.39, 0.29) is 18.0 Å². The lowest BCUT2D eigenvalue weighted by atomic mass is 10.1. The molecule has 2 aromatic rings. The van der Waals surface area contributed by atoms with Crippen molar-refractivity contribution in [1.29, 1.82) is 0 Å². The van der Waals surface area contributed by atoms with Gasteiger partial charge in [0.1, 0.15) is 5.82 Å². The van der Waals surface area contributed by atoms with Crippen LogP contribution in [0.1, 0.15) is 17.3 Å². The zero-order chi connectivity index (χ0) is 15.4. The van der Waals surface area contributed by atoms with E-state index in [1.807, 2.05) is 0 Å². The number of nitrogens with zero attached hydrogens (tertiary/aromatic N) is 1. The van der Waals surface area contributed by atoms with Crippen molar-refractivity contribution in [1.82, 2.24) is 0 Å². The molecule has 0 aliphatic carbocycles. The van der Waals surface area contributed by atoms with Crippen LogP contribution in [-0.4, -0.2) is 19.6 Å². The lowest BCUT2D eigenvalue weighted by molar-refractivity contribution is 0.0527. The fourth-order valence-electron chi connectivity index (χ4n) is 2.00. The molecule has 0 aromatic heterocycles. The predicted octanol–water partition coefficient (Wildman–Crippen LogP) is 3.35. The maximum absolute atomic E-state index is 13.8. The van der Waals surface area contributed by atoms with Gasteiger partial charge in [0.25, 0.3) is 0 Å². The standard InChI is InChI=1S/C16H17FN2O2/c1-3-21-16(20)12-10-11(8-9-14(12)18)19(2)15-7-5-4-6-13(15)17/h4-10H,3,18H2,1-2H3. The number of nitrogens with two attached hydrogens (primary N) is 1. The Bertz CT molecular complexity index is 658. The number of hydrogen-bond acceptors (Lipinski definition) is 4. The number of para-hydroxylation sites is 1. The second-order valence-corrected chi connectivity index (χ2v) is 4.50. The van der Waals surface area contributed by atoms with Gasteiger partial charge < -0.3 is 15.4 Å². The molecule has 5 heteroatoms. The van der Waals surface area contributed by atoms with Gasteiger partial charge in [0.2, 0.25) is 0 Å². The molecular weight excluding hydrogens is 271 g/mol. The molecule has 4 nitrogen and oxygen atoms in total. The molecule has 0 atom stereocenters. The Morgan fingerprint density at radius 1 is 1.29 bits per heavy atom. The van der Waals surface area contributed by atoms with E-state index in [0.29, 0.717) is 17.1 Å². The molecule has 2 aromatic carbocycles. The summed E-state index contributed by atoms with van der Waals surface area (Å²) in [5.74, 6) is -0.826. The van der Waals surface area contributed by atoms with Crippen molar-refractivity contribution in [3.05, 3.63) is 53.8 Å². The summed E-state index contributed by atoms with van der Waals surface area (Å²) in [5, 5.41) is 0. The molecule has 0 aliphatic heterocycles. The number of anilines is 3. The molecule has 2 N–H and O–H groups in total. The lowest BCUT2D eigenvalue weighted by Gasteiger charge is -2.21. The Hall–Kier alpha value is -2.56. The molecule has 0 saturated heterocycles. The number of benzene rings is 2. The van der Waals surface area contributed by atoms with Gasteiger partial charge in [-0.1, -0.05) is 12.1 Å². The molecule has 0 heterocycles. The summed E-state index contributed by atoms with van der Waals surface area (Å²) in [5.41, 5.74) is 7.47. The molecule has 0 fully saturated rings. The minimum absolute atomic E-state index is 0.269. The van der Waals surface area contributed by atoms with Gasteiger partial charge in [-0.3, -0.25) is 0 Å². The fraction of sp³-hybridized carbons (Fsp3) is 0.188. The van der Waals surface area contributed by atoms with Crippen LogP contribution < -0.4 is 10.6 Å². The van der Waals surface area contributed by atoms with E-state index in [4.69, 9.17) is 10.5 Å². The molecule has 2 rings (SSSR count). The summed E-state index contributed by atoms with van der Waals surface area (Å²) in [4.78, 5) is 13.5. The summed E-state index contributed by atoms with van der Waals surface area (Å²) in [6, 6.07) is 11.4. The molecular formula is C16H17FN2O2. The summed E-state index contributed by atoms with van der Waals surface area (Å²) < 4.78 is 18.8. The van der Waals surface area contributed by atoms with E-state index in [1.54, 1.807) is 55.3 Å². The van der Waals surface area contributed by atoms with Crippen molar-refractivity contribution < 1.29 is 13.9 Å².